The van der Waals surface area contributed by atoms with E-state index < -0.39 is 23.5 Å². The van der Waals surface area contributed by atoms with E-state index in [0.717, 1.165) is 6.42 Å². The number of carboxylic acids is 1. The van der Waals surface area contributed by atoms with Gasteiger partial charge in [0.1, 0.15) is 6.04 Å². The molecular formula is C14H25N3O4. The summed E-state index contributed by atoms with van der Waals surface area (Å²) in [5.41, 5.74) is -0.744. The number of carbonyl (C=O) groups excluding carboxylic acids is 2. The van der Waals surface area contributed by atoms with Crippen molar-refractivity contribution >= 4 is 17.9 Å². The lowest BCUT2D eigenvalue weighted by molar-refractivity contribution is -0.144. The second-order valence-corrected chi connectivity index (χ2v) is 6.30. The Kier molecular flexibility index (Phi) is 5.57. The molecular weight excluding hydrogens is 274 g/mol. The predicted octanol–water partition coefficient (Wildman–Crippen LogP) is 0.653. The van der Waals surface area contributed by atoms with Gasteiger partial charge in [0, 0.05) is 20.1 Å². The molecule has 1 aliphatic heterocycles. The molecule has 2 unspecified atom stereocenters. The van der Waals surface area contributed by atoms with Crippen LogP contribution in [-0.4, -0.2) is 54.1 Å². The quantitative estimate of drug-likeness (QED) is 0.710. The summed E-state index contributed by atoms with van der Waals surface area (Å²) in [4.78, 5) is 36.5. The molecule has 2 atom stereocenters. The average Bonchev–Trinajstić information content (AvgIpc) is 2.43. The number of likely N-dealkylation sites (tertiary alicyclic amines) is 1. The van der Waals surface area contributed by atoms with Crippen molar-refractivity contribution in [1.29, 1.82) is 0 Å². The number of nitrogens with zero attached hydrogens (tertiary/aromatic N) is 1. The zero-order valence-electron chi connectivity index (χ0n) is 13.1. The van der Waals surface area contributed by atoms with Gasteiger partial charge in [-0.2, -0.15) is 0 Å². The fourth-order valence-corrected chi connectivity index (χ4v) is 2.44. The van der Waals surface area contributed by atoms with Gasteiger partial charge in [-0.25, -0.2) is 9.59 Å². The molecule has 7 nitrogen and oxygen atoms in total. The normalized spacial score (nSPS) is 22.6. The fourth-order valence-electron chi connectivity index (χ4n) is 2.44. The molecule has 0 saturated carbocycles. The highest BCUT2D eigenvalue weighted by molar-refractivity contribution is 5.85. The minimum Gasteiger partial charge on any atom is -0.480 e. The SMILES string of the molecule is CNC(=O)C(C)(C)CNC(=O)N1CCC(C)CC1C(=O)O. The van der Waals surface area contributed by atoms with E-state index >= 15 is 0 Å². The lowest BCUT2D eigenvalue weighted by Gasteiger charge is -2.36. The third-order valence-corrected chi connectivity index (χ3v) is 3.93. The monoisotopic (exact) mass is 299 g/mol. The maximum absolute atomic E-state index is 12.2. The molecule has 1 rings (SSSR count). The summed E-state index contributed by atoms with van der Waals surface area (Å²) in [6, 6.07) is -1.22. The molecule has 0 aromatic rings. The molecule has 0 radical (unpaired) electrons. The summed E-state index contributed by atoms with van der Waals surface area (Å²) in [5.74, 6) is -0.871. The van der Waals surface area contributed by atoms with Gasteiger partial charge in [-0.05, 0) is 32.6 Å². The van der Waals surface area contributed by atoms with Gasteiger partial charge in [0.2, 0.25) is 5.91 Å². The second-order valence-electron chi connectivity index (χ2n) is 6.30. The van der Waals surface area contributed by atoms with E-state index in [4.69, 9.17) is 0 Å². The molecule has 1 fully saturated rings. The van der Waals surface area contributed by atoms with Crippen LogP contribution in [0.15, 0.2) is 0 Å². The van der Waals surface area contributed by atoms with Crippen LogP contribution in [-0.2, 0) is 9.59 Å². The van der Waals surface area contributed by atoms with Crippen molar-refractivity contribution in [1.82, 2.24) is 15.5 Å². The highest BCUT2D eigenvalue weighted by Gasteiger charge is 2.36. The highest BCUT2D eigenvalue weighted by Crippen LogP contribution is 2.23. The van der Waals surface area contributed by atoms with E-state index in [9.17, 15) is 19.5 Å². The second kappa shape index (κ2) is 6.78. The van der Waals surface area contributed by atoms with Crippen LogP contribution in [0.1, 0.15) is 33.6 Å². The van der Waals surface area contributed by atoms with Crippen LogP contribution in [0, 0.1) is 11.3 Å². The smallest absolute Gasteiger partial charge is 0.326 e. The Morgan fingerprint density at radius 1 is 1.33 bits per heavy atom. The lowest BCUT2D eigenvalue weighted by atomic mass is 9.91. The number of hydrogen-bond acceptors (Lipinski definition) is 3. The molecule has 1 saturated heterocycles. The van der Waals surface area contributed by atoms with Gasteiger partial charge in [-0.3, -0.25) is 4.79 Å². The summed E-state index contributed by atoms with van der Waals surface area (Å²) in [5, 5.41) is 14.5. The molecule has 1 heterocycles. The Morgan fingerprint density at radius 2 is 1.95 bits per heavy atom. The summed E-state index contributed by atoms with van der Waals surface area (Å²) in [6.07, 6.45) is 1.25. The summed E-state index contributed by atoms with van der Waals surface area (Å²) in [6.45, 7) is 6.01. The van der Waals surface area contributed by atoms with Crippen LogP contribution in [0.5, 0.6) is 0 Å². The number of nitrogens with one attached hydrogen (secondary N) is 2. The maximum Gasteiger partial charge on any atom is 0.326 e. The summed E-state index contributed by atoms with van der Waals surface area (Å²) >= 11 is 0. The van der Waals surface area contributed by atoms with Crippen molar-refractivity contribution in [2.24, 2.45) is 11.3 Å². The van der Waals surface area contributed by atoms with E-state index in [1.807, 2.05) is 6.92 Å². The lowest BCUT2D eigenvalue weighted by Crippen LogP contribution is -2.55. The van der Waals surface area contributed by atoms with E-state index in [-0.39, 0.29) is 18.4 Å². The first-order chi connectivity index (χ1) is 9.69. The number of rotatable bonds is 4. The molecule has 0 aliphatic carbocycles. The molecule has 1 aliphatic rings. The topological polar surface area (TPSA) is 98.7 Å². The molecule has 3 N–H and O–H groups in total. The predicted molar refractivity (Wildman–Crippen MR) is 77.8 cm³/mol. The van der Waals surface area contributed by atoms with Crippen LogP contribution in [0.25, 0.3) is 0 Å². The molecule has 7 heteroatoms. The Bertz CT molecular complexity index is 422. The first-order valence-corrected chi connectivity index (χ1v) is 7.18. The van der Waals surface area contributed by atoms with Gasteiger partial charge in [0.05, 0.1) is 5.41 Å². The minimum absolute atomic E-state index is 0.157. The molecule has 0 spiro atoms. The van der Waals surface area contributed by atoms with E-state index in [0.29, 0.717) is 13.0 Å². The third kappa shape index (κ3) is 4.34. The number of carboxylic acid groups (broad SMARTS) is 1. The Morgan fingerprint density at radius 3 is 2.48 bits per heavy atom. The van der Waals surface area contributed by atoms with Crippen LogP contribution < -0.4 is 10.6 Å². The van der Waals surface area contributed by atoms with Gasteiger partial charge in [0.15, 0.2) is 0 Å². The van der Waals surface area contributed by atoms with Crippen molar-refractivity contribution < 1.29 is 19.5 Å². The van der Waals surface area contributed by atoms with E-state index in [1.54, 1.807) is 20.9 Å². The van der Waals surface area contributed by atoms with Crippen molar-refractivity contribution in [2.75, 3.05) is 20.1 Å². The maximum atomic E-state index is 12.2. The molecule has 3 amide bonds. The number of aliphatic carboxylic acids is 1. The Hall–Kier alpha value is -1.79. The highest BCUT2D eigenvalue weighted by atomic mass is 16.4. The molecule has 0 aromatic heterocycles. The third-order valence-electron chi connectivity index (χ3n) is 3.93. The number of urea groups is 1. The van der Waals surface area contributed by atoms with Crippen molar-refractivity contribution in [3.63, 3.8) is 0 Å². The van der Waals surface area contributed by atoms with Gasteiger partial charge in [0.25, 0.3) is 0 Å². The van der Waals surface area contributed by atoms with Crippen LogP contribution in [0.3, 0.4) is 0 Å². The van der Waals surface area contributed by atoms with Gasteiger partial charge in [-0.15, -0.1) is 0 Å². The standard InChI is InChI=1S/C14H25N3O4/c1-9-5-6-17(10(7-9)11(18)19)13(21)16-8-14(2,3)12(20)15-4/h9-10H,5-8H2,1-4H3,(H,15,20)(H,16,21)(H,18,19). The molecule has 0 aromatic carbocycles. The molecule has 0 bridgehead atoms. The number of carbonyl (C=O) groups is 3. The first kappa shape index (κ1) is 17.3. The van der Waals surface area contributed by atoms with Gasteiger partial charge in [-0.1, -0.05) is 6.92 Å². The van der Waals surface area contributed by atoms with E-state index in [2.05, 4.69) is 10.6 Å². The molecule has 120 valence electrons. The van der Waals surface area contributed by atoms with E-state index in [1.165, 1.54) is 4.90 Å². The summed E-state index contributed by atoms with van der Waals surface area (Å²) < 4.78 is 0. The number of hydrogen-bond donors (Lipinski definition) is 3. The fraction of sp³-hybridized carbons (Fsp3) is 0.786. The zero-order valence-corrected chi connectivity index (χ0v) is 13.1. The Labute approximate surface area is 125 Å². The van der Waals surface area contributed by atoms with Crippen LogP contribution >= 0.6 is 0 Å². The molecule has 21 heavy (non-hydrogen) atoms. The largest absolute Gasteiger partial charge is 0.480 e. The first-order valence-electron chi connectivity index (χ1n) is 7.18. The average molecular weight is 299 g/mol. The van der Waals surface area contributed by atoms with Crippen LogP contribution in [0.2, 0.25) is 0 Å². The number of amides is 3. The number of piperidine rings is 1. The zero-order chi connectivity index (χ0) is 16.2. The van der Waals surface area contributed by atoms with Gasteiger partial charge < -0.3 is 20.6 Å². The van der Waals surface area contributed by atoms with Crippen LogP contribution in [0.4, 0.5) is 4.79 Å². The van der Waals surface area contributed by atoms with Crippen molar-refractivity contribution in [3.05, 3.63) is 0 Å². The van der Waals surface area contributed by atoms with Gasteiger partial charge >= 0.3 is 12.0 Å². The van der Waals surface area contributed by atoms with Crippen molar-refractivity contribution in [3.8, 4) is 0 Å². The summed E-state index contributed by atoms with van der Waals surface area (Å²) in [7, 11) is 1.54. The Balaban J connectivity index is 2.66. The minimum atomic E-state index is -0.984. The van der Waals surface area contributed by atoms with Crippen molar-refractivity contribution in [2.45, 2.75) is 39.7 Å².